The first kappa shape index (κ1) is 24.3. The SMILES string of the molecule is [B]C1([B])c2ncccc2C(=O)N1Cc1ccc(-c2ccc(CCC3CCO3)c(N)c2C=NC)cc1F. The van der Waals surface area contributed by atoms with Gasteiger partial charge >= 0.3 is 0 Å². The van der Waals surface area contributed by atoms with Crippen molar-refractivity contribution in [3.05, 3.63) is 82.4 Å². The summed E-state index contributed by atoms with van der Waals surface area (Å²) in [5, 5.41) is -1.63. The highest BCUT2D eigenvalue weighted by Crippen LogP contribution is 2.36. The third-order valence-corrected chi connectivity index (χ3v) is 6.97. The first-order valence-corrected chi connectivity index (χ1v) is 11.9. The lowest BCUT2D eigenvalue weighted by Crippen LogP contribution is -2.44. The van der Waals surface area contributed by atoms with Crippen molar-refractivity contribution in [2.24, 2.45) is 4.99 Å². The van der Waals surface area contributed by atoms with Crippen LogP contribution in [0.1, 0.15) is 45.6 Å². The number of amides is 1. The number of hydrogen-bond acceptors (Lipinski definition) is 5. The Labute approximate surface area is 212 Å². The number of aryl methyl sites for hydroxylation is 1. The average Bonchev–Trinajstić information content (AvgIpc) is 3.02. The van der Waals surface area contributed by atoms with Gasteiger partial charge in [-0.25, -0.2) is 4.39 Å². The summed E-state index contributed by atoms with van der Waals surface area (Å²) in [7, 11) is 14.2. The Kier molecular flexibility index (Phi) is 6.43. The van der Waals surface area contributed by atoms with Crippen molar-refractivity contribution >= 4 is 33.5 Å². The number of benzene rings is 2. The van der Waals surface area contributed by atoms with Crippen molar-refractivity contribution in [1.29, 1.82) is 0 Å². The molecule has 2 aromatic carbocycles. The molecule has 1 unspecified atom stereocenters. The van der Waals surface area contributed by atoms with Crippen molar-refractivity contribution in [3.63, 3.8) is 0 Å². The van der Waals surface area contributed by atoms with Crippen LogP contribution in [0, 0.1) is 5.82 Å². The molecule has 1 aromatic heterocycles. The minimum absolute atomic E-state index is 0.0953. The molecule has 5 rings (SSSR count). The van der Waals surface area contributed by atoms with Gasteiger partial charge in [0.25, 0.3) is 5.91 Å². The van der Waals surface area contributed by atoms with Gasteiger partial charge in [-0.05, 0) is 54.2 Å². The number of carbonyl (C=O) groups is 1. The van der Waals surface area contributed by atoms with Crippen molar-refractivity contribution in [3.8, 4) is 11.1 Å². The molecule has 2 aliphatic heterocycles. The summed E-state index contributed by atoms with van der Waals surface area (Å²) in [5.41, 5.74) is 11.2. The van der Waals surface area contributed by atoms with E-state index < -0.39 is 11.2 Å². The predicted octanol–water partition coefficient (Wildman–Crippen LogP) is 3.34. The zero-order chi connectivity index (χ0) is 25.4. The summed E-state index contributed by atoms with van der Waals surface area (Å²) in [4.78, 5) is 22.5. The molecule has 1 atom stereocenters. The molecule has 9 heteroatoms. The molecule has 3 aromatic rings. The molecule has 4 radical (unpaired) electrons. The molecule has 178 valence electrons. The minimum Gasteiger partial charge on any atom is -0.398 e. The Hall–Kier alpha value is -3.45. The van der Waals surface area contributed by atoms with Gasteiger partial charge in [-0.2, -0.15) is 0 Å². The molecule has 3 heterocycles. The van der Waals surface area contributed by atoms with Gasteiger partial charge < -0.3 is 15.4 Å². The van der Waals surface area contributed by atoms with Gasteiger partial charge in [-0.1, -0.05) is 24.3 Å². The van der Waals surface area contributed by atoms with Gasteiger partial charge in [-0.3, -0.25) is 14.8 Å². The van der Waals surface area contributed by atoms with E-state index in [0.29, 0.717) is 22.9 Å². The molecule has 1 amide bonds. The number of anilines is 1. The number of ether oxygens (including phenoxy) is 1. The number of nitrogens with zero attached hydrogens (tertiary/aromatic N) is 3. The lowest BCUT2D eigenvalue weighted by molar-refractivity contribution is -0.0541. The van der Waals surface area contributed by atoms with Crippen molar-refractivity contribution < 1.29 is 13.9 Å². The van der Waals surface area contributed by atoms with Crippen LogP contribution in [0.4, 0.5) is 10.1 Å². The Bertz CT molecular complexity index is 1360. The maximum atomic E-state index is 15.3. The summed E-state index contributed by atoms with van der Waals surface area (Å²) in [5.74, 6) is -0.868. The molecule has 0 spiro atoms. The zero-order valence-electron chi connectivity index (χ0n) is 20.1. The second-order valence-corrected chi connectivity index (χ2v) is 9.23. The summed E-state index contributed by atoms with van der Waals surface area (Å²) < 4.78 is 20.9. The van der Waals surface area contributed by atoms with Crippen LogP contribution in [0.3, 0.4) is 0 Å². The molecule has 0 bridgehead atoms. The highest BCUT2D eigenvalue weighted by Gasteiger charge is 2.43. The number of aliphatic imine (C=N–C) groups is 1. The number of rotatable bonds is 7. The quantitative estimate of drug-likeness (QED) is 0.321. The average molecular weight is 478 g/mol. The van der Waals surface area contributed by atoms with E-state index >= 15 is 4.39 Å². The van der Waals surface area contributed by atoms with Crippen LogP contribution in [0.25, 0.3) is 11.1 Å². The van der Waals surface area contributed by atoms with Crippen molar-refractivity contribution in [1.82, 2.24) is 9.88 Å². The maximum absolute atomic E-state index is 15.3. The number of hydrogen-bond donors (Lipinski definition) is 1. The van der Waals surface area contributed by atoms with E-state index in [2.05, 4.69) is 9.98 Å². The molecule has 36 heavy (non-hydrogen) atoms. The van der Waals surface area contributed by atoms with Gasteiger partial charge in [0, 0.05) is 54.8 Å². The third kappa shape index (κ3) is 4.22. The van der Waals surface area contributed by atoms with E-state index in [0.717, 1.165) is 42.6 Å². The topological polar surface area (TPSA) is 80.8 Å². The molecule has 0 aliphatic carbocycles. The second kappa shape index (κ2) is 9.54. The number of halogens is 1. The first-order chi connectivity index (χ1) is 17.3. The molecule has 2 aliphatic rings. The monoisotopic (exact) mass is 478 g/mol. The number of nitrogen functional groups attached to an aromatic ring is 1. The van der Waals surface area contributed by atoms with E-state index in [-0.39, 0.29) is 23.7 Å². The zero-order valence-corrected chi connectivity index (χ0v) is 20.1. The lowest BCUT2D eigenvalue weighted by Gasteiger charge is -2.33. The van der Waals surface area contributed by atoms with Gasteiger partial charge in [-0.15, -0.1) is 0 Å². The lowest BCUT2D eigenvalue weighted by atomic mass is 9.59. The molecular formula is C27H25B2FN4O2. The number of nitrogens with two attached hydrogens (primary N) is 1. The van der Waals surface area contributed by atoms with Crippen LogP contribution in [0.2, 0.25) is 0 Å². The number of fused-ring (bicyclic) bond motifs is 1. The largest absolute Gasteiger partial charge is 0.398 e. The maximum Gasteiger partial charge on any atom is 0.255 e. The molecule has 6 nitrogen and oxygen atoms in total. The van der Waals surface area contributed by atoms with Gasteiger partial charge in [0.15, 0.2) is 0 Å². The third-order valence-electron chi connectivity index (χ3n) is 6.97. The van der Waals surface area contributed by atoms with E-state index in [4.69, 9.17) is 26.2 Å². The fourth-order valence-corrected chi connectivity index (χ4v) is 4.80. The Morgan fingerprint density at radius 3 is 2.69 bits per heavy atom. The van der Waals surface area contributed by atoms with Crippen LogP contribution in [0.5, 0.6) is 0 Å². The first-order valence-electron chi connectivity index (χ1n) is 11.9. The van der Waals surface area contributed by atoms with Crippen LogP contribution < -0.4 is 5.73 Å². The second-order valence-electron chi connectivity index (χ2n) is 9.23. The Morgan fingerprint density at radius 1 is 1.25 bits per heavy atom. The molecule has 1 fully saturated rings. The van der Waals surface area contributed by atoms with Gasteiger partial charge in [0.2, 0.25) is 0 Å². The number of carbonyl (C=O) groups excluding carboxylic acids is 1. The van der Waals surface area contributed by atoms with Crippen LogP contribution in [-0.2, 0) is 23.0 Å². The van der Waals surface area contributed by atoms with E-state index in [1.165, 1.54) is 17.2 Å². The Morgan fingerprint density at radius 2 is 2.03 bits per heavy atom. The molecule has 1 saturated heterocycles. The fourth-order valence-electron chi connectivity index (χ4n) is 4.80. The van der Waals surface area contributed by atoms with E-state index in [1.807, 2.05) is 12.1 Å². The Balaban J connectivity index is 1.42. The van der Waals surface area contributed by atoms with Crippen molar-refractivity contribution in [2.45, 2.75) is 37.2 Å². The van der Waals surface area contributed by atoms with Crippen LogP contribution in [0.15, 0.2) is 53.7 Å². The summed E-state index contributed by atoms with van der Waals surface area (Å²) >= 11 is 0. The minimum atomic E-state index is -1.63. The number of aromatic nitrogens is 1. The molecule has 0 saturated carbocycles. The predicted molar refractivity (Wildman–Crippen MR) is 140 cm³/mol. The summed E-state index contributed by atoms with van der Waals surface area (Å²) in [6.07, 6.45) is 6.30. The number of pyridine rings is 1. The fraction of sp³-hybridized carbons (Fsp3) is 0.296. The normalized spacial score (nSPS) is 18.4. The van der Waals surface area contributed by atoms with Gasteiger partial charge in [0.1, 0.15) is 5.82 Å². The highest BCUT2D eigenvalue weighted by atomic mass is 19.1. The summed E-state index contributed by atoms with van der Waals surface area (Å²) in [6, 6.07) is 12.0. The van der Waals surface area contributed by atoms with Crippen LogP contribution in [-0.4, -0.2) is 57.5 Å². The smallest absolute Gasteiger partial charge is 0.255 e. The van der Waals surface area contributed by atoms with Crippen LogP contribution >= 0.6 is 0 Å². The van der Waals surface area contributed by atoms with Gasteiger partial charge in [0.05, 0.1) is 33.1 Å². The summed E-state index contributed by atoms with van der Waals surface area (Å²) in [6.45, 7) is 0.726. The molecule has 2 N–H and O–H groups in total. The van der Waals surface area contributed by atoms with Crippen molar-refractivity contribution in [2.75, 3.05) is 19.4 Å². The van der Waals surface area contributed by atoms with E-state index in [9.17, 15) is 4.79 Å². The van der Waals surface area contributed by atoms with E-state index in [1.54, 1.807) is 37.5 Å². The standard InChI is InChI=1S/C27H25B2FN4O2/c1-32-14-22-20(9-7-16(24(22)31)6-8-19-10-12-36-19)17-4-5-18(23(30)13-17)15-34-26(35)21-3-2-11-33-25(21)27(34,28)29/h2-5,7,9,11,13-14,19H,6,8,10,12,15,31H2,1H3. The highest BCUT2D eigenvalue weighted by molar-refractivity contribution is 6.42. The molecular weight excluding hydrogens is 453 g/mol.